The smallest absolute Gasteiger partial charge is 0.256 e. The van der Waals surface area contributed by atoms with Crippen molar-refractivity contribution in [1.29, 1.82) is 0 Å². The van der Waals surface area contributed by atoms with Gasteiger partial charge in [-0.25, -0.2) is 0 Å². The van der Waals surface area contributed by atoms with E-state index in [1.807, 2.05) is 18.2 Å². The fourth-order valence-electron chi connectivity index (χ4n) is 3.76. The highest BCUT2D eigenvalue weighted by Crippen LogP contribution is 2.44. The second kappa shape index (κ2) is 6.26. The zero-order valence-electron chi connectivity index (χ0n) is 14.6. The molecule has 2 aromatic rings. The first-order valence-electron chi connectivity index (χ1n) is 8.55. The number of amides is 1. The Balaban J connectivity index is 1.72. The van der Waals surface area contributed by atoms with Crippen LogP contribution in [-0.2, 0) is 12.8 Å². The van der Waals surface area contributed by atoms with E-state index >= 15 is 0 Å². The Hall–Kier alpha value is -2.21. The van der Waals surface area contributed by atoms with Gasteiger partial charge < -0.3 is 20.1 Å². The van der Waals surface area contributed by atoms with Gasteiger partial charge in [0.2, 0.25) is 0 Å². The topological polar surface area (TPSA) is 59.6 Å². The van der Waals surface area contributed by atoms with Crippen molar-refractivity contribution in [1.82, 2.24) is 5.32 Å². The number of rotatable bonds is 3. The van der Waals surface area contributed by atoms with Gasteiger partial charge in [0.25, 0.3) is 5.91 Å². The van der Waals surface area contributed by atoms with Crippen molar-refractivity contribution in [3.8, 4) is 11.5 Å². The van der Waals surface area contributed by atoms with E-state index in [1.54, 1.807) is 25.6 Å². The van der Waals surface area contributed by atoms with Gasteiger partial charge >= 0.3 is 0 Å². The van der Waals surface area contributed by atoms with Gasteiger partial charge in [-0.05, 0) is 36.8 Å². The van der Waals surface area contributed by atoms with E-state index in [9.17, 15) is 4.79 Å². The molecule has 0 saturated carbocycles. The number of ether oxygens (including phenoxy) is 2. The van der Waals surface area contributed by atoms with Crippen LogP contribution in [-0.4, -0.2) is 20.1 Å². The van der Waals surface area contributed by atoms with Gasteiger partial charge in [0.15, 0.2) is 11.5 Å². The highest BCUT2D eigenvalue weighted by atomic mass is 32.1. The summed E-state index contributed by atoms with van der Waals surface area (Å²) in [6, 6.07) is 5.70. The minimum Gasteiger partial charge on any atom is -0.493 e. The van der Waals surface area contributed by atoms with Crippen LogP contribution in [0.1, 0.15) is 45.9 Å². The minimum atomic E-state index is -0.331. The fourth-order valence-corrected chi connectivity index (χ4v) is 5.19. The van der Waals surface area contributed by atoms with E-state index in [2.05, 4.69) is 17.6 Å². The first kappa shape index (κ1) is 16.3. The summed E-state index contributed by atoms with van der Waals surface area (Å²) in [5, 5.41) is 7.55. The summed E-state index contributed by atoms with van der Waals surface area (Å²) in [7, 11) is 3.23. The number of carbonyl (C=O) groups excluding carboxylic acids is 1. The summed E-state index contributed by atoms with van der Waals surface area (Å²) in [6.45, 7) is 2.28. The highest BCUT2D eigenvalue weighted by molar-refractivity contribution is 7.16. The predicted octanol–water partition coefficient (Wildman–Crippen LogP) is 3.74. The molecule has 5 nitrogen and oxygen atoms in total. The van der Waals surface area contributed by atoms with Crippen LogP contribution in [0.25, 0.3) is 0 Å². The van der Waals surface area contributed by atoms with Crippen LogP contribution < -0.4 is 20.1 Å². The predicted molar refractivity (Wildman–Crippen MR) is 98.9 cm³/mol. The Morgan fingerprint density at radius 2 is 2.04 bits per heavy atom. The third-order valence-corrected chi connectivity index (χ3v) is 6.22. The van der Waals surface area contributed by atoms with Gasteiger partial charge in [-0.2, -0.15) is 0 Å². The van der Waals surface area contributed by atoms with Gasteiger partial charge in [0.1, 0.15) is 11.2 Å². The van der Waals surface area contributed by atoms with E-state index in [0.717, 1.165) is 35.4 Å². The van der Waals surface area contributed by atoms with Crippen LogP contribution in [0.3, 0.4) is 0 Å². The molecule has 0 bridgehead atoms. The molecule has 132 valence electrons. The van der Waals surface area contributed by atoms with Crippen LogP contribution in [0.15, 0.2) is 18.2 Å². The molecule has 2 unspecified atom stereocenters. The summed E-state index contributed by atoms with van der Waals surface area (Å²) in [5.41, 5.74) is 2.93. The van der Waals surface area contributed by atoms with Crippen molar-refractivity contribution >= 4 is 22.2 Å². The molecule has 4 rings (SSSR count). The molecule has 1 aromatic carbocycles. The standard InChI is InChI=1S/C19H22N2O3S/c1-10-7-8-11-14(9-10)25-19-15(11)18(22)20-17(21-19)12-5-4-6-13(23-2)16(12)24-3/h4-6,10,17,21H,7-9H2,1-3H3,(H,20,22). The van der Waals surface area contributed by atoms with Gasteiger partial charge in [0, 0.05) is 10.4 Å². The van der Waals surface area contributed by atoms with Crippen molar-refractivity contribution in [3.05, 3.63) is 39.8 Å². The lowest BCUT2D eigenvalue weighted by Crippen LogP contribution is -2.38. The van der Waals surface area contributed by atoms with Crippen molar-refractivity contribution in [3.63, 3.8) is 0 Å². The molecule has 25 heavy (non-hydrogen) atoms. The Kier molecular flexibility index (Phi) is 4.07. The number of methoxy groups -OCH3 is 2. The number of thiophene rings is 1. The maximum Gasteiger partial charge on any atom is 0.256 e. The molecule has 2 atom stereocenters. The van der Waals surface area contributed by atoms with E-state index in [1.165, 1.54) is 10.4 Å². The second-order valence-corrected chi connectivity index (χ2v) is 7.79. The number of hydrogen-bond acceptors (Lipinski definition) is 5. The normalized spacial score (nSPS) is 21.6. The van der Waals surface area contributed by atoms with Gasteiger partial charge in [-0.1, -0.05) is 19.1 Å². The molecular formula is C19H22N2O3S. The summed E-state index contributed by atoms with van der Waals surface area (Å²) in [6.07, 6.45) is 2.87. The molecule has 2 N–H and O–H groups in total. The number of para-hydroxylation sites is 1. The number of nitrogens with one attached hydrogen (secondary N) is 2. The van der Waals surface area contributed by atoms with Crippen LogP contribution in [0.5, 0.6) is 11.5 Å². The van der Waals surface area contributed by atoms with Crippen LogP contribution in [0.4, 0.5) is 5.00 Å². The molecule has 1 amide bonds. The molecule has 0 radical (unpaired) electrons. The van der Waals surface area contributed by atoms with Crippen LogP contribution in [0, 0.1) is 5.92 Å². The zero-order chi connectivity index (χ0) is 17.6. The number of anilines is 1. The molecule has 1 aliphatic heterocycles. The van der Waals surface area contributed by atoms with Gasteiger partial charge in [0.05, 0.1) is 19.8 Å². The van der Waals surface area contributed by atoms with Crippen LogP contribution in [0.2, 0.25) is 0 Å². The molecule has 0 fully saturated rings. The number of hydrogen-bond donors (Lipinski definition) is 2. The zero-order valence-corrected chi connectivity index (χ0v) is 15.5. The van der Waals surface area contributed by atoms with Crippen LogP contribution >= 0.6 is 11.3 Å². The van der Waals surface area contributed by atoms with Crippen molar-refractivity contribution < 1.29 is 14.3 Å². The lowest BCUT2D eigenvalue weighted by molar-refractivity contribution is 0.0934. The Morgan fingerprint density at radius 1 is 1.20 bits per heavy atom. The summed E-state index contributed by atoms with van der Waals surface area (Å²) < 4.78 is 10.9. The first-order chi connectivity index (χ1) is 12.1. The molecule has 6 heteroatoms. The maximum absolute atomic E-state index is 12.8. The van der Waals surface area contributed by atoms with E-state index in [-0.39, 0.29) is 12.1 Å². The summed E-state index contributed by atoms with van der Waals surface area (Å²) in [5.74, 6) is 1.97. The van der Waals surface area contributed by atoms with Crippen molar-refractivity contribution in [2.75, 3.05) is 19.5 Å². The maximum atomic E-state index is 12.8. The average Bonchev–Trinajstić information content (AvgIpc) is 2.98. The Labute approximate surface area is 151 Å². The Bertz CT molecular complexity index is 830. The van der Waals surface area contributed by atoms with Crippen molar-refractivity contribution in [2.45, 2.75) is 32.4 Å². The summed E-state index contributed by atoms with van der Waals surface area (Å²) in [4.78, 5) is 14.2. The molecular weight excluding hydrogens is 336 g/mol. The van der Waals surface area contributed by atoms with E-state index in [4.69, 9.17) is 9.47 Å². The molecule has 1 aliphatic carbocycles. The lowest BCUT2D eigenvalue weighted by atomic mass is 9.88. The monoisotopic (exact) mass is 358 g/mol. The first-order valence-corrected chi connectivity index (χ1v) is 9.36. The van der Waals surface area contributed by atoms with Crippen molar-refractivity contribution in [2.24, 2.45) is 5.92 Å². The minimum absolute atomic E-state index is 0.00400. The summed E-state index contributed by atoms with van der Waals surface area (Å²) >= 11 is 1.72. The molecule has 2 heterocycles. The molecule has 0 spiro atoms. The quantitative estimate of drug-likeness (QED) is 0.877. The Morgan fingerprint density at radius 3 is 2.80 bits per heavy atom. The average molecular weight is 358 g/mol. The second-order valence-electron chi connectivity index (χ2n) is 6.69. The highest BCUT2D eigenvalue weighted by Gasteiger charge is 2.34. The van der Waals surface area contributed by atoms with E-state index < -0.39 is 0 Å². The fraction of sp³-hybridized carbons (Fsp3) is 0.421. The lowest BCUT2D eigenvalue weighted by Gasteiger charge is -2.28. The SMILES string of the molecule is COc1cccc(C2NC(=O)c3c(sc4c3CCC(C)C4)N2)c1OC. The molecule has 2 aliphatic rings. The molecule has 0 saturated heterocycles. The number of carbonyl (C=O) groups is 1. The van der Waals surface area contributed by atoms with Gasteiger partial charge in [-0.3, -0.25) is 4.79 Å². The number of benzene rings is 1. The molecule has 1 aromatic heterocycles. The number of fused-ring (bicyclic) bond motifs is 3. The third-order valence-electron chi connectivity index (χ3n) is 5.03. The van der Waals surface area contributed by atoms with Gasteiger partial charge in [-0.15, -0.1) is 11.3 Å². The largest absolute Gasteiger partial charge is 0.493 e. The third kappa shape index (κ3) is 2.65. The van der Waals surface area contributed by atoms with E-state index in [0.29, 0.717) is 17.4 Å².